The van der Waals surface area contributed by atoms with Crippen LogP contribution < -0.4 is 5.73 Å². The van der Waals surface area contributed by atoms with Gasteiger partial charge in [0.1, 0.15) is 22.7 Å². The first-order valence-electron chi connectivity index (χ1n) is 6.88. The Kier molecular flexibility index (Phi) is 4.38. The van der Waals surface area contributed by atoms with Crippen molar-refractivity contribution in [3.63, 3.8) is 0 Å². The third kappa shape index (κ3) is 3.04. The first kappa shape index (κ1) is 16.2. The Labute approximate surface area is 147 Å². The van der Waals surface area contributed by atoms with E-state index in [-0.39, 0.29) is 17.0 Å². The number of azo groups is 1. The number of fused-ring (bicyclic) bond motifs is 1. The Morgan fingerprint density at radius 3 is 2.54 bits per heavy atom. The second-order valence-corrected chi connectivity index (χ2v) is 5.84. The molecule has 0 bridgehead atoms. The number of nitrogens with zero attached hydrogens (tertiary/aromatic N) is 2. The number of rotatable bonds is 3. The molecular formula is C17H11Cl2N3O2. The predicted octanol–water partition coefficient (Wildman–Crippen LogP) is 5.37. The van der Waals surface area contributed by atoms with Crippen LogP contribution in [0.2, 0.25) is 10.0 Å². The van der Waals surface area contributed by atoms with Gasteiger partial charge in [-0.1, -0.05) is 47.5 Å². The number of benzene rings is 3. The lowest BCUT2D eigenvalue weighted by molar-refractivity contribution is 0.0998. The zero-order chi connectivity index (χ0) is 17.3. The summed E-state index contributed by atoms with van der Waals surface area (Å²) in [4.78, 5) is 11.7. The van der Waals surface area contributed by atoms with E-state index in [0.717, 1.165) is 0 Å². The highest BCUT2D eigenvalue weighted by Gasteiger charge is 2.17. The summed E-state index contributed by atoms with van der Waals surface area (Å²) in [6.45, 7) is 0. The first-order chi connectivity index (χ1) is 11.5. The molecule has 1 amide bonds. The van der Waals surface area contributed by atoms with Crippen LogP contribution in [0.4, 0.5) is 11.4 Å². The molecule has 0 aliphatic carbocycles. The third-order valence-corrected chi connectivity index (χ3v) is 3.97. The van der Waals surface area contributed by atoms with Gasteiger partial charge in [0, 0.05) is 10.4 Å². The molecule has 0 spiro atoms. The number of hydrogen-bond donors (Lipinski definition) is 2. The van der Waals surface area contributed by atoms with Crippen molar-refractivity contribution in [2.45, 2.75) is 0 Å². The van der Waals surface area contributed by atoms with Gasteiger partial charge in [0.15, 0.2) is 0 Å². The Morgan fingerprint density at radius 1 is 1.04 bits per heavy atom. The molecular weight excluding hydrogens is 349 g/mol. The summed E-state index contributed by atoms with van der Waals surface area (Å²) < 4.78 is 0. The molecule has 0 aliphatic heterocycles. The van der Waals surface area contributed by atoms with E-state index in [4.69, 9.17) is 28.9 Å². The maximum absolute atomic E-state index is 11.7. The summed E-state index contributed by atoms with van der Waals surface area (Å²) in [7, 11) is 0. The number of phenols is 1. The van der Waals surface area contributed by atoms with Crippen LogP contribution in [0.1, 0.15) is 10.4 Å². The summed E-state index contributed by atoms with van der Waals surface area (Å²) in [5.74, 6) is -1.06. The fourth-order valence-corrected chi connectivity index (χ4v) is 2.65. The van der Waals surface area contributed by atoms with Gasteiger partial charge in [0.2, 0.25) is 0 Å². The molecule has 24 heavy (non-hydrogen) atoms. The van der Waals surface area contributed by atoms with E-state index in [1.54, 1.807) is 42.5 Å². The number of primary amides is 1. The number of carbonyl (C=O) groups is 1. The number of aromatic hydroxyl groups is 1. The average Bonchev–Trinajstić information content (AvgIpc) is 2.54. The Hall–Kier alpha value is -2.63. The van der Waals surface area contributed by atoms with Crippen molar-refractivity contribution in [3.8, 4) is 5.75 Å². The summed E-state index contributed by atoms with van der Waals surface area (Å²) in [6.07, 6.45) is 0. The van der Waals surface area contributed by atoms with Crippen molar-refractivity contribution in [2.24, 2.45) is 16.0 Å². The van der Waals surface area contributed by atoms with Gasteiger partial charge in [0.05, 0.1) is 5.02 Å². The Bertz CT molecular complexity index is 987. The number of amides is 1. The lowest BCUT2D eigenvalue weighted by Gasteiger charge is -2.08. The summed E-state index contributed by atoms with van der Waals surface area (Å²) in [5.41, 5.74) is 5.80. The van der Waals surface area contributed by atoms with Gasteiger partial charge in [-0.2, -0.15) is 0 Å². The second-order valence-electron chi connectivity index (χ2n) is 5.00. The zero-order valence-electron chi connectivity index (χ0n) is 12.2. The smallest absolute Gasteiger partial charge is 0.254 e. The maximum Gasteiger partial charge on any atom is 0.254 e. The molecule has 0 fully saturated rings. The summed E-state index contributed by atoms with van der Waals surface area (Å²) in [5, 5.41) is 20.4. The number of halogens is 2. The number of hydrogen-bond acceptors (Lipinski definition) is 4. The molecule has 0 saturated heterocycles. The van der Waals surface area contributed by atoms with Crippen molar-refractivity contribution in [1.82, 2.24) is 0 Å². The SMILES string of the molecule is NC(=O)c1c(O)cc2ccccc2c1N=Nc1cc(Cl)ccc1Cl. The van der Waals surface area contributed by atoms with E-state index in [1.165, 1.54) is 6.07 Å². The molecule has 120 valence electrons. The lowest BCUT2D eigenvalue weighted by atomic mass is 10.0. The highest BCUT2D eigenvalue weighted by molar-refractivity contribution is 6.35. The molecule has 0 atom stereocenters. The highest BCUT2D eigenvalue weighted by Crippen LogP contribution is 2.38. The number of carbonyl (C=O) groups excluding carboxylic acids is 1. The highest BCUT2D eigenvalue weighted by atomic mass is 35.5. The molecule has 0 aromatic heterocycles. The van der Waals surface area contributed by atoms with Gasteiger partial charge in [-0.05, 0) is 29.7 Å². The van der Waals surface area contributed by atoms with Crippen LogP contribution >= 0.6 is 23.2 Å². The van der Waals surface area contributed by atoms with Crippen LogP contribution in [0.15, 0.2) is 58.8 Å². The topological polar surface area (TPSA) is 88.0 Å². The van der Waals surface area contributed by atoms with E-state index in [2.05, 4.69) is 10.2 Å². The van der Waals surface area contributed by atoms with Gasteiger partial charge in [-0.25, -0.2) is 0 Å². The molecule has 3 rings (SSSR count). The lowest BCUT2D eigenvalue weighted by Crippen LogP contribution is -2.11. The van der Waals surface area contributed by atoms with Crippen LogP contribution in [0.5, 0.6) is 5.75 Å². The minimum Gasteiger partial charge on any atom is -0.507 e. The Morgan fingerprint density at radius 2 is 1.79 bits per heavy atom. The molecule has 0 unspecified atom stereocenters. The molecule has 0 heterocycles. The van der Waals surface area contributed by atoms with E-state index < -0.39 is 5.91 Å². The first-order valence-corrected chi connectivity index (χ1v) is 7.64. The van der Waals surface area contributed by atoms with Gasteiger partial charge < -0.3 is 10.8 Å². The van der Waals surface area contributed by atoms with Gasteiger partial charge >= 0.3 is 0 Å². The van der Waals surface area contributed by atoms with Crippen LogP contribution in [-0.2, 0) is 0 Å². The van der Waals surface area contributed by atoms with Crippen molar-refractivity contribution in [1.29, 1.82) is 0 Å². The van der Waals surface area contributed by atoms with E-state index in [1.807, 2.05) is 0 Å². The summed E-state index contributed by atoms with van der Waals surface area (Å²) in [6, 6.07) is 13.4. The minimum absolute atomic E-state index is 0.101. The van der Waals surface area contributed by atoms with Gasteiger partial charge in [0.25, 0.3) is 5.91 Å². The van der Waals surface area contributed by atoms with Gasteiger partial charge in [-0.15, -0.1) is 10.2 Å². The standard InChI is InChI=1S/C17H11Cl2N3O2/c18-10-5-6-12(19)13(8-10)21-22-16-11-4-2-1-3-9(11)7-14(23)15(16)17(20)24/h1-8,23H,(H2,20,24). The molecule has 7 heteroatoms. The Balaban J connectivity index is 2.24. The summed E-state index contributed by atoms with van der Waals surface area (Å²) >= 11 is 12.0. The molecule has 0 saturated carbocycles. The van der Waals surface area contributed by atoms with E-state index in [9.17, 15) is 9.90 Å². The molecule has 5 nitrogen and oxygen atoms in total. The molecule has 3 aromatic rings. The van der Waals surface area contributed by atoms with Crippen LogP contribution in [0.25, 0.3) is 10.8 Å². The number of nitrogens with two attached hydrogens (primary N) is 1. The predicted molar refractivity (Wildman–Crippen MR) is 94.8 cm³/mol. The van der Waals surface area contributed by atoms with Gasteiger partial charge in [-0.3, -0.25) is 4.79 Å². The molecule has 3 N–H and O–H groups in total. The average molecular weight is 360 g/mol. The minimum atomic E-state index is -0.801. The molecule has 3 aromatic carbocycles. The van der Waals surface area contributed by atoms with E-state index in [0.29, 0.717) is 26.5 Å². The zero-order valence-corrected chi connectivity index (χ0v) is 13.7. The van der Waals surface area contributed by atoms with E-state index >= 15 is 0 Å². The quantitative estimate of drug-likeness (QED) is 0.615. The second kappa shape index (κ2) is 6.47. The molecule has 0 aliphatic rings. The fourth-order valence-electron chi connectivity index (χ4n) is 2.33. The van der Waals surface area contributed by atoms with Crippen LogP contribution in [-0.4, -0.2) is 11.0 Å². The normalized spacial score (nSPS) is 11.2. The van der Waals surface area contributed by atoms with Crippen molar-refractivity contribution in [2.75, 3.05) is 0 Å². The monoisotopic (exact) mass is 359 g/mol. The largest absolute Gasteiger partial charge is 0.507 e. The maximum atomic E-state index is 11.7. The van der Waals surface area contributed by atoms with Crippen molar-refractivity contribution >= 4 is 51.3 Å². The van der Waals surface area contributed by atoms with Crippen molar-refractivity contribution < 1.29 is 9.90 Å². The third-order valence-electron chi connectivity index (χ3n) is 3.41. The van der Waals surface area contributed by atoms with Crippen LogP contribution in [0, 0.1) is 0 Å². The molecule has 0 radical (unpaired) electrons. The van der Waals surface area contributed by atoms with Crippen LogP contribution in [0.3, 0.4) is 0 Å². The fraction of sp³-hybridized carbons (Fsp3) is 0. The van der Waals surface area contributed by atoms with Crippen molar-refractivity contribution in [3.05, 3.63) is 64.1 Å².